The van der Waals surface area contributed by atoms with E-state index in [-0.39, 0.29) is 30.0 Å². The van der Waals surface area contributed by atoms with Crippen molar-refractivity contribution in [3.63, 3.8) is 0 Å². The summed E-state index contributed by atoms with van der Waals surface area (Å²) in [6, 6.07) is 14.4. The van der Waals surface area contributed by atoms with Crippen molar-refractivity contribution in [2.24, 2.45) is 0 Å². The Bertz CT molecular complexity index is 884. The van der Waals surface area contributed by atoms with E-state index >= 15 is 0 Å². The molecule has 1 unspecified atom stereocenters. The Labute approximate surface area is 183 Å². The summed E-state index contributed by atoms with van der Waals surface area (Å²) in [5, 5.41) is 8.86. The van der Waals surface area contributed by atoms with E-state index < -0.39 is 0 Å². The highest BCUT2D eigenvalue weighted by molar-refractivity contribution is 5.97. The lowest BCUT2D eigenvalue weighted by molar-refractivity contribution is -0.114. The lowest BCUT2D eigenvalue weighted by Gasteiger charge is -2.20. The average Bonchev–Trinajstić information content (AvgIpc) is 3.24. The minimum absolute atomic E-state index is 0.0898. The predicted molar refractivity (Wildman–Crippen MR) is 122 cm³/mol. The van der Waals surface area contributed by atoms with Crippen molar-refractivity contribution in [1.29, 1.82) is 0 Å². The minimum Gasteiger partial charge on any atom is -0.489 e. The Hall–Kier alpha value is -3.06. The quantitative estimate of drug-likeness (QED) is 0.598. The lowest BCUT2D eigenvalue weighted by Crippen LogP contribution is -2.40. The van der Waals surface area contributed by atoms with Crippen LogP contribution in [-0.2, 0) is 9.53 Å². The van der Waals surface area contributed by atoms with Crippen molar-refractivity contribution < 1.29 is 19.1 Å². The number of nitrogens with one attached hydrogen (secondary N) is 3. The largest absolute Gasteiger partial charge is 0.489 e. The summed E-state index contributed by atoms with van der Waals surface area (Å²) in [5.74, 6) is 0.354. The van der Waals surface area contributed by atoms with Gasteiger partial charge in [-0.2, -0.15) is 0 Å². The van der Waals surface area contributed by atoms with Gasteiger partial charge in [-0.15, -0.1) is 0 Å². The zero-order valence-corrected chi connectivity index (χ0v) is 18.4. The van der Waals surface area contributed by atoms with Gasteiger partial charge in [0.1, 0.15) is 12.4 Å². The number of amides is 2. The molecular weight excluding hydrogens is 394 g/mol. The number of hydrogen-bond acceptors (Lipinski definition) is 5. The SMILES string of the molecule is CC(C)(C)NC(=O)c1ccc(NC(=O)CNc2ccccc2OCC2CCCO2)cc1. The second-order valence-electron chi connectivity index (χ2n) is 8.63. The summed E-state index contributed by atoms with van der Waals surface area (Å²) in [7, 11) is 0. The van der Waals surface area contributed by atoms with Gasteiger partial charge in [-0.3, -0.25) is 9.59 Å². The molecule has 0 bridgehead atoms. The molecule has 0 saturated carbocycles. The molecule has 166 valence electrons. The molecule has 0 spiro atoms. The molecule has 1 atom stereocenters. The van der Waals surface area contributed by atoms with Gasteiger partial charge in [0.15, 0.2) is 0 Å². The van der Waals surface area contributed by atoms with Gasteiger partial charge in [0.05, 0.1) is 18.3 Å². The fourth-order valence-corrected chi connectivity index (χ4v) is 3.20. The van der Waals surface area contributed by atoms with Crippen LogP contribution in [0.4, 0.5) is 11.4 Å². The van der Waals surface area contributed by atoms with Gasteiger partial charge < -0.3 is 25.4 Å². The highest BCUT2D eigenvalue weighted by Crippen LogP contribution is 2.25. The third kappa shape index (κ3) is 7.29. The summed E-state index contributed by atoms with van der Waals surface area (Å²) in [4.78, 5) is 24.6. The maximum Gasteiger partial charge on any atom is 0.251 e. The highest BCUT2D eigenvalue weighted by Gasteiger charge is 2.17. The fraction of sp³-hybridized carbons (Fsp3) is 0.417. The van der Waals surface area contributed by atoms with Crippen molar-refractivity contribution in [2.45, 2.75) is 45.3 Å². The van der Waals surface area contributed by atoms with E-state index in [9.17, 15) is 9.59 Å². The van der Waals surface area contributed by atoms with E-state index in [1.165, 1.54) is 0 Å². The van der Waals surface area contributed by atoms with Crippen molar-refractivity contribution in [2.75, 3.05) is 30.4 Å². The van der Waals surface area contributed by atoms with Gasteiger partial charge in [-0.25, -0.2) is 0 Å². The number of para-hydroxylation sites is 2. The van der Waals surface area contributed by atoms with Crippen molar-refractivity contribution in [3.8, 4) is 5.75 Å². The molecule has 7 nitrogen and oxygen atoms in total. The number of carbonyl (C=O) groups is 2. The van der Waals surface area contributed by atoms with Gasteiger partial charge in [0.25, 0.3) is 5.91 Å². The molecule has 3 N–H and O–H groups in total. The van der Waals surface area contributed by atoms with Crippen LogP contribution in [0.3, 0.4) is 0 Å². The van der Waals surface area contributed by atoms with Gasteiger partial charge in [-0.1, -0.05) is 12.1 Å². The standard InChI is InChI=1S/C24H31N3O4/c1-24(2,3)27-23(29)17-10-12-18(13-11-17)26-22(28)15-25-20-8-4-5-9-21(20)31-16-19-7-6-14-30-19/h4-5,8-13,19,25H,6-7,14-16H2,1-3H3,(H,26,28)(H,27,29). The van der Waals surface area contributed by atoms with Crippen LogP contribution in [0.2, 0.25) is 0 Å². The van der Waals surface area contributed by atoms with Crippen LogP contribution in [0.1, 0.15) is 44.0 Å². The molecule has 31 heavy (non-hydrogen) atoms. The molecule has 1 aliphatic heterocycles. The van der Waals surface area contributed by atoms with E-state index in [2.05, 4.69) is 16.0 Å². The Morgan fingerprint density at radius 2 is 1.84 bits per heavy atom. The molecule has 0 aromatic heterocycles. The van der Waals surface area contributed by atoms with Crippen LogP contribution in [0.5, 0.6) is 5.75 Å². The summed E-state index contributed by atoms with van der Waals surface area (Å²) in [5.41, 5.74) is 1.62. The second-order valence-corrected chi connectivity index (χ2v) is 8.63. The number of benzene rings is 2. The first-order chi connectivity index (χ1) is 14.8. The lowest BCUT2D eigenvalue weighted by atomic mass is 10.1. The van der Waals surface area contributed by atoms with Crippen LogP contribution in [0.25, 0.3) is 0 Å². The molecule has 3 rings (SSSR count). The number of hydrogen-bond donors (Lipinski definition) is 3. The van der Waals surface area contributed by atoms with Crippen LogP contribution in [0, 0.1) is 0 Å². The Kier molecular flexibility index (Phi) is 7.52. The Morgan fingerprint density at radius 3 is 2.52 bits per heavy atom. The minimum atomic E-state index is -0.306. The summed E-state index contributed by atoms with van der Waals surface area (Å²) >= 11 is 0. The molecule has 1 heterocycles. The van der Waals surface area contributed by atoms with Gasteiger partial charge in [0.2, 0.25) is 5.91 Å². The van der Waals surface area contributed by atoms with Gasteiger partial charge >= 0.3 is 0 Å². The fourth-order valence-electron chi connectivity index (χ4n) is 3.20. The van der Waals surface area contributed by atoms with E-state index in [0.29, 0.717) is 23.6 Å². The third-order valence-corrected chi connectivity index (χ3v) is 4.69. The van der Waals surface area contributed by atoms with E-state index in [1.807, 2.05) is 45.0 Å². The molecule has 1 aliphatic rings. The Morgan fingerprint density at radius 1 is 1.10 bits per heavy atom. The first-order valence-corrected chi connectivity index (χ1v) is 10.6. The first-order valence-electron chi connectivity index (χ1n) is 10.6. The van der Waals surface area contributed by atoms with Gasteiger partial charge in [-0.05, 0) is 70.0 Å². The van der Waals surface area contributed by atoms with Crippen LogP contribution in [-0.4, -0.2) is 43.2 Å². The normalized spacial score (nSPS) is 15.9. The molecule has 7 heteroatoms. The molecular formula is C24H31N3O4. The summed E-state index contributed by atoms with van der Waals surface area (Å²) in [6.07, 6.45) is 2.20. The molecule has 2 aromatic rings. The molecule has 0 radical (unpaired) electrons. The molecule has 1 fully saturated rings. The number of rotatable bonds is 8. The second kappa shape index (κ2) is 10.3. The van der Waals surface area contributed by atoms with Crippen LogP contribution < -0.4 is 20.7 Å². The average molecular weight is 426 g/mol. The Balaban J connectivity index is 1.49. The zero-order chi connectivity index (χ0) is 22.3. The van der Waals surface area contributed by atoms with Crippen LogP contribution >= 0.6 is 0 Å². The van der Waals surface area contributed by atoms with E-state index in [1.54, 1.807) is 24.3 Å². The molecule has 2 aromatic carbocycles. The predicted octanol–water partition coefficient (Wildman–Crippen LogP) is 3.82. The van der Waals surface area contributed by atoms with Crippen molar-refractivity contribution in [1.82, 2.24) is 5.32 Å². The molecule has 2 amide bonds. The number of carbonyl (C=O) groups excluding carboxylic acids is 2. The van der Waals surface area contributed by atoms with Crippen molar-refractivity contribution in [3.05, 3.63) is 54.1 Å². The van der Waals surface area contributed by atoms with Crippen molar-refractivity contribution >= 4 is 23.2 Å². The summed E-state index contributed by atoms with van der Waals surface area (Å²) in [6.45, 7) is 7.16. The molecule has 1 saturated heterocycles. The topological polar surface area (TPSA) is 88.7 Å². The number of anilines is 2. The smallest absolute Gasteiger partial charge is 0.251 e. The first kappa shape index (κ1) is 22.6. The third-order valence-electron chi connectivity index (χ3n) is 4.69. The van der Waals surface area contributed by atoms with Crippen LogP contribution in [0.15, 0.2) is 48.5 Å². The maximum absolute atomic E-state index is 12.4. The zero-order valence-electron chi connectivity index (χ0n) is 18.4. The molecule has 0 aliphatic carbocycles. The monoisotopic (exact) mass is 425 g/mol. The number of ether oxygens (including phenoxy) is 2. The van der Waals surface area contributed by atoms with E-state index in [0.717, 1.165) is 25.1 Å². The highest BCUT2D eigenvalue weighted by atomic mass is 16.5. The van der Waals surface area contributed by atoms with E-state index in [4.69, 9.17) is 9.47 Å². The summed E-state index contributed by atoms with van der Waals surface area (Å²) < 4.78 is 11.5. The van der Waals surface area contributed by atoms with Gasteiger partial charge in [0, 0.05) is 23.4 Å². The maximum atomic E-state index is 12.4.